The van der Waals surface area contributed by atoms with Gasteiger partial charge in [0.2, 0.25) is 0 Å². The molecule has 1 atom stereocenters. The van der Waals surface area contributed by atoms with Crippen LogP contribution < -0.4 is 0 Å². The van der Waals surface area contributed by atoms with Crippen LogP contribution in [-0.4, -0.2) is 37.2 Å². The van der Waals surface area contributed by atoms with E-state index in [4.69, 9.17) is 14.2 Å². The third-order valence-corrected chi connectivity index (χ3v) is 16.0. The third kappa shape index (κ3) is 66.2. The predicted octanol–water partition coefficient (Wildman–Crippen LogP) is 24.5. The van der Waals surface area contributed by atoms with Gasteiger partial charge in [-0.05, 0) is 103 Å². The van der Waals surface area contributed by atoms with Crippen LogP contribution in [0.15, 0.2) is 48.6 Å². The summed E-state index contributed by atoms with van der Waals surface area (Å²) in [6.45, 7) is 6.67. The van der Waals surface area contributed by atoms with Crippen LogP contribution in [0.1, 0.15) is 387 Å². The van der Waals surface area contributed by atoms with Crippen molar-refractivity contribution in [3.63, 3.8) is 0 Å². The fourth-order valence-corrected chi connectivity index (χ4v) is 10.6. The van der Waals surface area contributed by atoms with Crippen molar-refractivity contribution in [2.24, 2.45) is 0 Å². The molecule has 0 saturated heterocycles. The van der Waals surface area contributed by atoms with Crippen molar-refractivity contribution in [2.75, 3.05) is 13.2 Å². The van der Waals surface area contributed by atoms with Crippen molar-refractivity contribution in [3.05, 3.63) is 48.6 Å². The Morgan fingerprint density at radius 2 is 0.450 bits per heavy atom. The summed E-state index contributed by atoms with van der Waals surface area (Å²) in [5.41, 5.74) is 0. The number of hydrogen-bond donors (Lipinski definition) is 0. The van der Waals surface area contributed by atoms with Gasteiger partial charge in [0.05, 0.1) is 0 Å². The van der Waals surface area contributed by atoms with Gasteiger partial charge in [-0.1, -0.05) is 313 Å². The van der Waals surface area contributed by atoms with Crippen LogP contribution in [0.3, 0.4) is 0 Å². The molecule has 0 aliphatic carbocycles. The van der Waals surface area contributed by atoms with Gasteiger partial charge in [0.25, 0.3) is 0 Å². The standard InChI is InChI=1S/C74H136O6/c1-4-7-10-13-16-19-22-25-28-30-31-32-33-34-35-36-37-38-39-40-41-42-43-44-47-49-52-55-58-61-64-67-73(76)79-70-71(69-78-72(75)66-63-60-57-54-51-48-45-27-24-21-18-15-12-9-6-3)80-74(77)68-65-62-59-56-53-50-46-29-26-23-20-17-14-11-8-5-2/h22,25,27,29-31,45-46,71H,4-21,23-24,26,28,32-44,47-70H2,1-3H3/b25-22-,31-30-,45-27-,46-29-. The summed E-state index contributed by atoms with van der Waals surface area (Å²) in [5.74, 6) is -0.867. The summed E-state index contributed by atoms with van der Waals surface area (Å²) in [6.07, 6.45) is 87.2. The van der Waals surface area contributed by atoms with Crippen LogP contribution >= 0.6 is 0 Å². The van der Waals surface area contributed by atoms with Gasteiger partial charge >= 0.3 is 17.9 Å². The molecule has 0 aromatic carbocycles. The first-order valence-corrected chi connectivity index (χ1v) is 35.6. The molecule has 80 heavy (non-hydrogen) atoms. The minimum Gasteiger partial charge on any atom is -0.462 e. The average Bonchev–Trinajstić information content (AvgIpc) is 3.46. The number of hydrogen-bond acceptors (Lipinski definition) is 6. The Hall–Kier alpha value is -2.63. The first-order valence-electron chi connectivity index (χ1n) is 35.6. The van der Waals surface area contributed by atoms with Gasteiger partial charge in [-0.3, -0.25) is 14.4 Å². The van der Waals surface area contributed by atoms with Crippen LogP contribution in [-0.2, 0) is 28.6 Å². The summed E-state index contributed by atoms with van der Waals surface area (Å²) < 4.78 is 17.0. The fraction of sp³-hybridized carbons (Fsp3) is 0.851. The van der Waals surface area contributed by atoms with Crippen LogP contribution in [0.25, 0.3) is 0 Å². The van der Waals surface area contributed by atoms with Crippen molar-refractivity contribution in [3.8, 4) is 0 Å². The van der Waals surface area contributed by atoms with Gasteiger partial charge in [0, 0.05) is 19.3 Å². The lowest BCUT2D eigenvalue weighted by Crippen LogP contribution is -2.30. The van der Waals surface area contributed by atoms with Gasteiger partial charge in [0.1, 0.15) is 13.2 Å². The van der Waals surface area contributed by atoms with E-state index in [0.717, 1.165) is 77.0 Å². The molecular formula is C74H136O6. The molecule has 0 fully saturated rings. The van der Waals surface area contributed by atoms with E-state index in [2.05, 4.69) is 69.4 Å². The van der Waals surface area contributed by atoms with E-state index in [1.54, 1.807) is 0 Å². The molecule has 0 bridgehead atoms. The second-order valence-corrected chi connectivity index (χ2v) is 24.1. The van der Waals surface area contributed by atoms with E-state index < -0.39 is 6.10 Å². The topological polar surface area (TPSA) is 78.9 Å². The normalized spacial score (nSPS) is 12.3. The first kappa shape index (κ1) is 77.4. The van der Waals surface area contributed by atoms with Crippen LogP contribution in [0, 0.1) is 0 Å². The van der Waals surface area contributed by atoms with Crippen molar-refractivity contribution in [1.82, 2.24) is 0 Å². The highest BCUT2D eigenvalue weighted by atomic mass is 16.6. The highest BCUT2D eigenvalue weighted by molar-refractivity contribution is 5.71. The molecule has 0 radical (unpaired) electrons. The number of ether oxygens (including phenoxy) is 3. The van der Waals surface area contributed by atoms with E-state index in [1.165, 1.54) is 270 Å². The molecule has 0 amide bonds. The molecule has 6 heteroatoms. The van der Waals surface area contributed by atoms with Crippen molar-refractivity contribution >= 4 is 17.9 Å². The highest BCUT2D eigenvalue weighted by Crippen LogP contribution is 2.18. The largest absolute Gasteiger partial charge is 0.462 e. The van der Waals surface area contributed by atoms with Crippen LogP contribution in [0.5, 0.6) is 0 Å². The maximum Gasteiger partial charge on any atom is 0.306 e. The zero-order valence-electron chi connectivity index (χ0n) is 53.9. The van der Waals surface area contributed by atoms with Crippen molar-refractivity contribution < 1.29 is 28.6 Å². The Kier molecular flexibility index (Phi) is 66.6. The minimum atomic E-state index is -0.780. The average molecular weight is 1120 g/mol. The number of carbonyl (C=O) groups excluding carboxylic acids is 3. The Labute approximate surface area is 498 Å². The van der Waals surface area contributed by atoms with Gasteiger partial charge in [-0.15, -0.1) is 0 Å². The second-order valence-electron chi connectivity index (χ2n) is 24.1. The molecule has 0 N–H and O–H groups in total. The number of allylic oxidation sites excluding steroid dienone is 8. The maximum atomic E-state index is 12.9. The first-order chi connectivity index (χ1) is 39.5. The summed E-state index contributed by atoms with van der Waals surface area (Å²) in [5, 5.41) is 0. The molecule has 0 aliphatic rings. The Bertz CT molecular complexity index is 1380. The van der Waals surface area contributed by atoms with Crippen LogP contribution in [0.2, 0.25) is 0 Å². The molecule has 0 aromatic rings. The number of unbranched alkanes of at least 4 members (excludes halogenated alkanes) is 47. The fourth-order valence-electron chi connectivity index (χ4n) is 10.6. The Balaban J connectivity index is 4.18. The van der Waals surface area contributed by atoms with Crippen LogP contribution in [0.4, 0.5) is 0 Å². The minimum absolute atomic E-state index is 0.0748. The molecule has 0 rings (SSSR count). The smallest absolute Gasteiger partial charge is 0.306 e. The molecule has 468 valence electrons. The lowest BCUT2D eigenvalue weighted by molar-refractivity contribution is -0.167. The zero-order valence-corrected chi connectivity index (χ0v) is 53.9. The molecule has 0 spiro atoms. The monoisotopic (exact) mass is 1120 g/mol. The number of carbonyl (C=O) groups is 3. The van der Waals surface area contributed by atoms with E-state index in [9.17, 15) is 14.4 Å². The van der Waals surface area contributed by atoms with E-state index >= 15 is 0 Å². The van der Waals surface area contributed by atoms with E-state index in [-0.39, 0.29) is 31.1 Å². The number of rotatable bonds is 66. The molecule has 0 heterocycles. The molecule has 6 nitrogen and oxygen atoms in total. The van der Waals surface area contributed by atoms with Gasteiger partial charge in [-0.2, -0.15) is 0 Å². The molecule has 1 unspecified atom stereocenters. The van der Waals surface area contributed by atoms with E-state index in [0.29, 0.717) is 19.3 Å². The summed E-state index contributed by atoms with van der Waals surface area (Å²) >= 11 is 0. The lowest BCUT2D eigenvalue weighted by atomic mass is 10.0. The Morgan fingerprint density at radius 3 is 0.700 bits per heavy atom. The second kappa shape index (κ2) is 68.9. The summed E-state index contributed by atoms with van der Waals surface area (Å²) in [6, 6.07) is 0. The summed E-state index contributed by atoms with van der Waals surface area (Å²) in [4.78, 5) is 38.4. The molecule has 0 aromatic heterocycles. The number of esters is 3. The highest BCUT2D eigenvalue weighted by Gasteiger charge is 2.19. The quantitative estimate of drug-likeness (QED) is 0.0261. The predicted molar refractivity (Wildman–Crippen MR) is 349 cm³/mol. The molecular weight excluding hydrogens is 985 g/mol. The zero-order chi connectivity index (χ0) is 57.8. The van der Waals surface area contributed by atoms with Gasteiger partial charge in [-0.25, -0.2) is 0 Å². The van der Waals surface area contributed by atoms with Gasteiger partial charge < -0.3 is 14.2 Å². The SMILES string of the molecule is CCCCCCC/C=C\C/C=C\CCCCCCCCCCCCCCCCCCCCCC(=O)OCC(COC(=O)CCCCCCC/C=C\CCCCCCCC)OC(=O)CCCCCCC/C=C\CCCCCCCCC. The third-order valence-electron chi connectivity index (χ3n) is 16.0. The van der Waals surface area contributed by atoms with Crippen molar-refractivity contribution in [1.29, 1.82) is 0 Å². The van der Waals surface area contributed by atoms with E-state index in [1.807, 2.05) is 0 Å². The lowest BCUT2D eigenvalue weighted by Gasteiger charge is -2.18. The maximum absolute atomic E-state index is 12.9. The Morgan fingerprint density at radius 1 is 0.250 bits per heavy atom. The van der Waals surface area contributed by atoms with Crippen molar-refractivity contribution in [2.45, 2.75) is 393 Å². The summed E-state index contributed by atoms with van der Waals surface area (Å²) in [7, 11) is 0. The van der Waals surface area contributed by atoms with Gasteiger partial charge in [0.15, 0.2) is 6.10 Å². The molecule has 0 saturated carbocycles. The molecule has 0 aliphatic heterocycles.